The first-order chi connectivity index (χ1) is 10.2. The molecular weight excluding hydrogens is 284 g/mol. The van der Waals surface area contributed by atoms with E-state index in [9.17, 15) is 0 Å². The molecule has 4 heteroatoms. The Kier molecular flexibility index (Phi) is 9.68. The molecule has 0 aliphatic rings. The van der Waals surface area contributed by atoms with Crippen molar-refractivity contribution in [2.75, 3.05) is 39.9 Å². The molecule has 120 valence electrons. The smallest absolute Gasteiger partial charge is 0.0593 e. The molecule has 0 heterocycles. The van der Waals surface area contributed by atoms with Gasteiger partial charge in [-0.15, -0.1) is 0 Å². The minimum atomic E-state index is 0.386. The molecular formula is C17H29ClN2O. The van der Waals surface area contributed by atoms with Gasteiger partial charge in [0.25, 0.3) is 0 Å². The van der Waals surface area contributed by atoms with Gasteiger partial charge in [0.2, 0.25) is 0 Å². The zero-order chi connectivity index (χ0) is 15.5. The lowest BCUT2D eigenvalue weighted by molar-refractivity contribution is 0.121. The van der Waals surface area contributed by atoms with Crippen LogP contribution in [0.3, 0.4) is 0 Å². The van der Waals surface area contributed by atoms with Gasteiger partial charge in [-0.1, -0.05) is 30.7 Å². The van der Waals surface area contributed by atoms with E-state index in [1.165, 1.54) is 5.56 Å². The van der Waals surface area contributed by atoms with Gasteiger partial charge in [0.1, 0.15) is 0 Å². The van der Waals surface area contributed by atoms with Crippen LogP contribution < -0.4 is 5.32 Å². The molecule has 1 N–H and O–H groups in total. The molecule has 1 aromatic carbocycles. The lowest BCUT2D eigenvalue weighted by Crippen LogP contribution is -2.29. The quantitative estimate of drug-likeness (QED) is 0.630. The molecule has 1 unspecified atom stereocenters. The Morgan fingerprint density at radius 3 is 2.52 bits per heavy atom. The van der Waals surface area contributed by atoms with Crippen molar-refractivity contribution >= 4 is 11.6 Å². The van der Waals surface area contributed by atoms with Crippen LogP contribution >= 0.6 is 11.6 Å². The van der Waals surface area contributed by atoms with Crippen molar-refractivity contribution in [2.24, 2.45) is 0 Å². The second kappa shape index (κ2) is 11.0. The van der Waals surface area contributed by atoms with Crippen LogP contribution in [-0.2, 0) is 4.74 Å². The van der Waals surface area contributed by atoms with Gasteiger partial charge < -0.3 is 15.0 Å². The molecule has 1 rings (SSSR count). The van der Waals surface area contributed by atoms with Crippen LogP contribution in [0.4, 0.5) is 0 Å². The number of halogens is 1. The number of rotatable bonds is 11. The van der Waals surface area contributed by atoms with Crippen molar-refractivity contribution in [3.8, 4) is 0 Å². The third-order valence-electron chi connectivity index (χ3n) is 3.53. The van der Waals surface area contributed by atoms with E-state index >= 15 is 0 Å². The first-order valence-corrected chi connectivity index (χ1v) is 8.30. The van der Waals surface area contributed by atoms with Gasteiger partial charge in [0.15, 0.2) is 0 Å². The largest absolute Gasteiger partial charge is 0.380 e. The molecule has 0 spiro atoms. The van der Waals surface area contributed by atoms with Crippen LogP contribution in [0.25, 0.3) is 0 Å². The average molecular weight is 313 g/mol. The highest BCUT2D eigenvalue weighted by atomic mass is 35.5. The van der Waals surface area contributed by atoms with Gasteiger partial charge in [-0.05, 0) is 57.6 Å². The Labute approximate surface area is 134 Å². The maximum Gasteiger partial charge on any atom is 0.0593 e. The summed E-state index contributed by atoms with van der Waals surface area (Å²) in [5.41, 5.74) is 1.31. The predicted octanol–water partition coefficient (Wildman–Crippen LogP) is 3.74. The van der Waals surface area contributed by atoms with E-state index in [1.54, 1.807) is 0 Å². The van der Waals surface area contributed by atoms with Crippen molar-refractivity contribution in [1.29, 1.82) is 0 Å². The summed E-state index contributed by atoms with van der Waals surface area (Å²) in [6.07, 6.45) is 2.23. The second-order valence-electron chi connectivity index (χ2n) is 5.35. The fraction of sp³-hybridized carbons (Fsp3) is 0.647. The molecule has 0 fully saturated rings. The number of hydrogen-bond donors (Lipinski definition) is 1. The fourth-order valence-corrected chi connectivity index (χ4v) is 2.35. The number of benzene rings is 1. The summed E-state index contributed by atoms with van der Waals surface area (Å²) >= 11 is 5.98. The summed E-state index contributed by atoms with van der Waals surface area (Å²) in [4.78, 5) is 2.33. The fourth-order valence-electron chi connectivity index (χ4n) is 2.23. The van der Waals surface area contributed by atoms with E-state index in [0.29, 0.717) is 6.04 Å². The number of nitrogens with zero attached hydrogens (tertiary/aromatic N) is 1. The number of ether oxygens (including phenoxy) is 1. The molecule has 0 aliphatic carbocycles. The molecule has 0 aromatic heterocycles. The highest BCUT2D eigenvalue weighted by Crippen LogP contribution is 2.19. The monoisotopic (exact) mass is 312 g/mol. The lowest BCUT2D eigenvalue weighted by atomic mass is 10.0. The summed E-state index contributed by atoms with van der Waals surface area (Å²) in [5.74, 6) is 0. The van der Waals surface area contributed by atoms with E-state index < -0.39 is 0 Å². The van der Waals surface area contributed by atoms with Crippen molar-refractivity contribution in [1.82, 2.24) is 10.2 Å². The number of likely N-dealkylation sites (N-methyl/N-ethyl adjacent to an activating group) is 1. The lowest BCUT2D eigenvalue weighted by Gasteiger charge is -2.23. The highest BCUT2D eigenvalue weighted by molar-refractivity contribution is 6.30. The predicted molar refractivity (Wildman–Crippen MR) is 91.1 cm³/mol. The van der Waals surface area contributed by atoms with Crippen LogP contribution in [0.5, 0.6) is 0 Å². The number of hydrogen-bond acceptors (Lipinski definition) is 3. The van der Waals surface area contributed by atoms with Crippen LogP contribution in [-0.4, -0.2) is 44.8 Å². The van der Waals surface area contributed by atoms with Gasteiger partial charge in [-0.3, -0.25) is 0 Å². The normalized spacial score (nSPS) is 12.8. The second-order valence-corrected chi connectivity index (χ2v) is 5.78. The topological polar surface area (TPSA) is 24.5 Å². The molecule has 0 aliphatic heterocycles. The Bertz CT molecular complexity index is 370. The van der Waals surface area contributed by atoms with Crippen LogP contribution in [0.15, 0.2) is 24.3 Å². The third kappa shape index (κ3) is 7.82. The summed E-state index contributed by atoms with van der Waals surface area (Å²) in [6, 6.07) is 8.56. The van der Waals surface area contributed by atoms with Crippen molar-refractivity contribution in [3.05, 3.63) is 34.9 Å². The minimum Gasteiger partial charge on any atom is -0.380 e. The zero-order valence-electron chi connectivity index (χ0n) is 13.6. The summed E-state index contributed by atoms with van der Waals surface area (Å²) in [5, 5.41) is 4.42. The van der Waals surface area contributed by atoms with E-state index in [1.807, 2.05) is 19.1 Å². The van der Waals surface area contributed by atoms with Gasteiger partial charge in [-0.25, -0.2) is 0 Å². The molecule has 0 radical (unpaired) electrons. The third-order valence-corrected chi connectivity index (χ3v) is 3.79. The van der Waals surface area contributed by atoms with Gasteiger partial charge in [0.05, 0.1) is 6.61 Å². The van der Waals surface area contributed by atoms with Crippen molar-refractivity contribution in [3.63, 3.8) is 0 Å². The Morgan fingerprint density at radius 2 is 1.90 bits per heavy atom. The Balaban J connectivity index is 2.47. The molecule has 0 saturated heterocycles. The minimum absolute atomic E-state index is 0.386. The highest BCUT2D eigenvalue weighted by Gasteiger charge is 2.11. The summed E-state index contributed by atoms with van der Waals surface area (Å²) in [6.45, 7) is 8.90. The summed E-state index contributed by atoms with van der Waals surface area (Å²) in [7, 11) is 2.15. The molecule has 1 atom stereocenters. The van der Waals surface area contributed by atoms with Crippen molar-refractivity contribution < 1.29 is 4.74 Å². The van der Waals surface area contributed by atoms with Gasteiger partial charge >= 0.3 is 0 Å². The molecule has 3 nitrogen and oxygen atoms in total. The van der Waals surface area contributed by atoms with E-state index in [-0.39, 0.29) is 0 Å². The maximum atomic E-state index is 5.98. The number of nitrogens with one attached hydrogen (secondary N) is 1. The van der Waals surface area contributed by atoms with Crippen LogP contribution in [0.2, 0.25) is 5.02 Å². The molecule has 0 amide bonds. The average Bonchev–Trinajstić information content (AvgIpc) is 2.49. The van der Waals surface area contributed by atoms with Crippen LogP contribution in [0.1, 0.15) is 38.3 Å². The van der Waals surface area contributed by atoms with E-state index in [2.05, 4.69) is 36.3 Å². The molecule has 0 saturated carbocycles. The Morgan fingerprint density at radius 1 is 1.19 bits per heavy atom. The van der Waals surface area contributed by atoms with Crippen LogP contribution in [0, 0.1) is 0 Å². The maximum absolute atomic E-state index is 5.98. The van der Waals surface area contributed by atoms with Gasteiger partial charge in [-0.2, -0.15) is 0 Å². The van der Waals surface area contributed by atoms with E-state index in [4.69, 9.17) is 16.3 Å². The zero-order valence-corrected chi connectivity index (χ0v) is 14.3. The van der Waals surface area contributed by atoms with E-state index in [0.717, 1.165) is 50.7 Å². The summed E-state index contributed by atoms with van der Waals surface area (Å²) < 4.78 is 5.40. The molecule has 0 bridgehead atoms. The first kappa shape index (κ1) is 18.4. The van der Waals surface area contributed by atoms with Gasteiger partial charge in [0, 0.05) is 24.2 Å². The molecule has 21 heavy (non-hydrogen) atoms. The first-order valence-electron chi connectivity index (χ1n) is 7.92. The SMILES string of the molecule is CCCNC(CCN(C)CCOCC)c1ccc(Cl)cc1. The molecule has 1 aromatic rings. The standard InChI is InChI=1S/C17H29ClN2O/c1-4-11-19-17(15-6-8-16(18)9-7-15)10-12-20(3)13-14-21-5-2/h6-9,17,19H,4-5,10-14H2,1-3H3. The van der Waals surface area contributed by atoms with Crippen molar-refractivity contribution in [2.45, 2.75) is 32.7 Å². The Hall–Kier alpha value is -0.610.